The number of benzene rings is 2. The topological polar surface area (TPSA) is 239 Å². The maximum absolute atomic E-state index is 10.7. The van der Waals surface area contributed by atoms with Crippen LogP contribution in [-0.4, -0.2) is 80.3 Å². The maximum Gasteiger partial charge on any atom is 1.00 e. The van der Waals surface area contributed by atoms with Crippen molar-refractivity contribution < 1.29 is 122 Å². The molecular weight excluding hydrogens is 766 g/mol. The number of hydrogen-bond acceptors (Lipinski definition) is 13. The minimum atomic E-state index is -4.89. The molecule has 2 aliphatic rings. The van der Waals surface area contributed by atoms with Gasteiger partial charge in [0.2, 0.25) is 0 Å². The molecule has 1 unspecified atom stereocenters. The fraction of sp³-hybridized carbons (Fsp3) is 0.417. The Balaban J connectivity index is -0.000000276. The van der Waals surface area contributed by atoms with Gasteiger partial charge >= 0.3 is 69.7 Å². The smallest absolute Gasteiger partial charge is 1.00 e. The van der Waals surface area contributed by atoms with Crippen LogP contribution < -0.4 is 59.1 Å². The van der Waals surface area contributed by atoms with Crippen molar-refractivity contribution in [2.75, 3.05) is 7.11 Å². The third kappa shape index (κ3) is 17.2. The van der Waals surface area contributed by atoms with Gasteiger partial charge in [-0.05, 0) is 72.9 Å². The zero-order chi connectivity index (χ0) is 32.0. The van der Waals surface area contributed by atoms with E-state index in [4.69, 9.17) is 28.2 Å². The van der Waals surface area contributed by atoms with Crippen LogP contribution >= 0.6 is 31.9 Å². The number of rotatable bonds is 5. The van der Waals surface area contributed by atoms with Crippen LogP contribution in [0.15, 0.2) is 70.1 Å². The van der Waals surface area contributed by atoms with Crippen LogP contribution in [0, 0.1) is 0 Å². The quantitative estimate of drug-likeness (QED) is 0.0577. The molecular formula is C24H32Br2Na2O13S2. The first-order valence-electron chi connectivity index (χ1n) is 11.4. The standard InChI is InChI=1S/C12H13BrO.C11H13BrO5S.CH4O.2Na.O3S.H2O3.H/c1-2-12(14)7-10(8-12)9-3-5-11(13)6-4-9;12-9-3-1-7(2-4-9)8-5-11(14,6-8)10(13)18(15,16)17;1-2;;;1-4(2)3;1-3-2;/h2-6,10,14H,1,7-8H2;1-4,8,10,13-14H,5-6H2,(H,15,16,17);2H,1H3;;;;1-2H;/q;;;2*+1;;;-1/p-1. The Labute approximate surface area is 314 Å². The summed E-state index contributed by atoms with van der Waals surface area (Å²) in [6.45, 7) is 3.64. The third-order valence-electron chi connectivity index (χ3n) is 6.20. The van der Waals surface area contributed by atoms with Crippen LogP contribution in [0.1, 0.15) is 50.1 Å². The second-order valence-electron chi connectivity index (χ2n) is 8.86. The normalized spacial score (nSPS) is 23.6. The molecule has 2 aromatic rings. The van der Waals surface area contributed by atoms with Crippen LogP contribution in [0.3, 0.4) is 0 Å². The summed E-state index contributed by atoms with van der Waals surface area (Å²) in [6.07, 6.45) is 3.40. The number of hydrogen-bond donors (Lipinski definition) is 6. The molecule has 0 amide bonds. The van der Waals surface area contributed by atoms with Crippen LogP contribution in [0.25, 0.3) is 0 Å². The van der Waals surface area contributed by atoms with Gasteiger partial charge in [-0.25, -0.2) is 18.9 Å². The summed E-state index contributed by atoms with van der Waals surface area (Å²) < 4.78 is 59.4. The van der Waals surface area contributed by atoms with Crippen molar-refractivity contribution >= 4 is 52.6 Å². The molecule has 0 spiro atoms. The number of aliphatic hydroxyl groups is 4. The molecule has 2 fully saturated rings. The van der Waals surface area contributed by atoms with Crippen LogP contribution in [0.5, 0.6) is 0 Å². The van der Waals surface area contributed by atoms with E-state index in [2.05, 4.69) is 55.6 Å². The second kappa shape index (κ2) is 22.8. The van der Waals surface area contributed by atoms with Gasteiger partial charge in [0.05, 0.1) is 5.60 Å². The molecule has 19 heteroatoms. The summed E-state index contributed by atoms with van der Waals surface area (Å²) in [5.41, 5.74) is -2.44. The monoisotopic (exact) mass is 796 g/mol. The van der Waals surface area contributed by atoms with Gasteiger partial charge in [-0.2, -0.15) is 0 Å². The van der Waals surface area contributed by atoms with E-state index >= 15 is 0 Å². The third-order valence-corrected chi connectivity index (χ3v) is 8.24. The first kappa shape index (κ1) is 47.8. The molecule has 1 atom stereocenters. The Morgan fingerprint density at radius 2 is 1.19 bits per heavy atom. The molecule has 13 nitrogen and oxygen atoms in total. The van der Waals surface area contributed by atoms with Crippen molar-refractivity contribution in [3.63, 3.8) is 0 Å². The van der Waals surface area contributed by atoms with Crippen molar-refractivity contribution in [1.29, 1.82) is 0 Å². The van der Waals surface area contributed by atoms with E-state index in [1.165, 1.54) is 5.56 Å². The van der Waals surface area contributed by atoms with E-state index in [1.807, 2.05) is 36.4 Å². The average Bonchev–Trinajstić information content (AvgIpc) is 2.87. The Hall–Kier alpha value is 0.390. The van der Waals surface area contributed by atoms with E-state index in [-0.39, 0.29) is 79.3 Å². The molecule has 0 bridgehead atoms. The zero-order valence-corrected chi connectivity index (χ0v) is 32.4. The number of halogens is 2. The van der Waals surface area contributed by atoms with Crippen molar-refractivity contribution in [2.45, 2.75) is 54.2 Å². The van der Waals surface area contributed by atoms with Crippen molar-refractivity contribution in [3.05, 3.63) is 81.3 Å². The minimum Gasteiger partial charge on any atom is -1.00 e. The summed E-state index contributed by atoms with van der Waals surface area (Å²) in [7, 11) is -7.00. The minimum absolute atomic E-state index is 0. The molecule has 0 aliphatic heterocycles. The largest absolute Gasteiger partial charge is 1.00 e. The Morgan fingerprint density at radius 1 is 0.907 bits per heavy atom. The molecule has 0 heterocycles. The molecule has 4 rings (SSSR count). The zero-order valence-electron chi connectivity index (χ0n) is 24.6. The molecule has 2 aliphatic carbocycles. The van der Waals surface area contributed by atoms with Gasteiger partial charge in [0.15, 0.2) is 5.44 Å². The summed E-state index contributed by atoms with van der Waals surface area (Å²) in [5, 5.41) is 51.5. The molecule has 2 aromatic carbocycles. The van der Waals surface area contributed by atoms with Gasteiger partial charge in [0.25, 0.3) is 0 Å². The Morgan fingerprint density at radius 3 is 1.44 bits per heavy atom. The summed E-state index contributed by atoms with van der Waals surface area (Å²) >= 11 is 6.70. The molecule has 6 N–H and O–H groups in total. The summed E-state index contributed by atoms with van der Waals surface area (Å²) in [4.78, 5) is 0. The van der Waals surface area contributed by atoms with Crippen molar-refractivity contribution in [3.8, 4) is 0 Å². The van der Waals surface area contributed by atoms with Gasteiger partial charge in [0.1, 0.15) is 15.7 Å². The van der Waals surface area contributed by atoms with Gasteiger partial charge in [-0.1, -0.05) is 67.2 Å². The molecule has 234 valence electrons. The predicted molar refractivity (Wildman–Crippen MR) is 153 cm³/mol. The van der Waals surface area contributed by atoms with Gasteiger partial charge in [0, 0.05) is 16.1 Å². The van der Waals surface area contributed by atoms with E-state index in [0.29, 0.717) is 5.92 Å². The fourth-order valence-electron chi connectivity index (χ4n) is 4.17. The van der Waals surface area contributed by atoms with E-state index in [9.17, 15) is 28.3 Å². The van der Waals surface area contributed by atoms with Gasteiger partial charge in [-0.15, -0.1) is 19.2 Å². The molecule has 0 aromatic heterocycles. The van der Waals surface area contributed by atoms with Crippen LogP contribution in [0.4, 0.5) is 0 Å². The molecule has 2 saturated carbocycles. The summed E-state index contributed by atoms with van der Waals surface area (Å²) in [6, 6.07) is 15.7. The van der Waals surface area contributed by atoms with Gasteiger partial charge in [-0.3, -0.25) is 0 Å². The van der Waals surface area contributed by atoms with Crippen LogP contribution in [0.2, 0.25) is 0 Å². The second-order valence-corrected chi connectivity index (χ2v) is 12.5. The molecule has 43 heavy (non-hydrogen) atoms. The van der Waals surface area contributed by atoms with E-state index in [0.717, 1.165) is 34.5 Å². The predicted octanol–water partition coefficient (Wildman–Crippen LogP) is -3.16. The van der Waals surface area contributed by atoms with Crippen LogP contribution in [-0.2, 0) is 25.8 Å². The Kier molecular flexibility index (Phi) is 25.4. The van der Waals surface area contributed by atoms with Crippen molar-refractivity contribution in [1.82, 2.24) is 0 Å². The molecule has 0 radical (unpaired) electrons. The Bertz CT molecular complexity index is 1290. The van der Waals surface area contributed by atoms with Crippen molar-refractivity contribution in [2.24, 2.45) is 0 Å². The molecule has 0 saturated heterocycles. The SMILES string of the molecule is C=CC1(O)CC(c2ccc(Br)cc2)C1.CO.O=S(=O)([O-])C(O)C1(O)CC(c2ccc(Br)cc2)C1.O=S(=O)=O.OOO.[H-].[Na+].[Na+]. The van der Waals surface area contributed by atoms with Gasteiger partial charge < -0.3 is 26.4 Å². The average molecular weight is 798 g/mol. The van der Waals surface area contributed by atoms with E-state index in [1.54, 1.807) is 6.08 Å². The fourth-order valence-corrected chi connectivity index (χ4v) is 5.42. The maximum atomic E-state index is 10.7. The number of aliphatic hydroxyl groups excluding tert-OH is 2. The first-order valence-corrected chi connectivity index (χ1v) is 15.4. The van der Waals surface area contributed by atoms with E-state index < -0.39 is 37.4 Å². The summed E-state index contributed by atoms with van der Waals surface area (Å²) in [5.74, 6) is 0.450. The first-order chi connectivity index (χ1) is 19.0.